The van der Waals surface area contributed by atoms with Crippen LogP contribution in [0.1, 0.15) is 85.0 Å². The molecule has 2 aliphatic carbocycles. The van der Waals surface area contributed by atoms with Crippen LogP contribution in [0, 0.1) is 10.8 Å². The number of imidazole rings is 2. The molecular weight excluding hydrogens is 809 g/mol. The average molecular weight is 865 g/mol. The summed E-state index contributed by atoms with van der Waals surface area (Å²) in [7, 11) is -1.03. The molecule has 2 saturated heterocycles. The summed E-state index contributed by atoms with van der Waals surface area (Å²) in [5.41, 5.74) is 8.89. The van der Waals surface area contributed by atoms with Crippen LogP contribution in [-0.2, 0) is 11.0 Å². The second-order valence-corrected chi connectivity index (χ2v) is 21.9. The second-order valence-electron chi connectivity index (χ2n) is 17.8. The van der Waals surface area contributed by atoms with Crippen LogP contribution < -0.4 is 20.3 Å². The molecule has 0 bridgehead atoms. The summed E-state index contributed by atoms with van der Waals surface area (Å²) in [6.45, 7) is 10.1. The van der Waals surface area contributed by atoms with Gasteiger partial charge < -0.3 is 15.5 Å². The number of rotatable bonds is 8. The molecule has 16 heteroatoms. The summed E-state index contributed by atoms with van der Waals surface area (Å²) in [6.07, 6.45) is 27.0. The molecule has 3 atom stereocenters. The number of pyridine rings is 2. The molecular formula is C44H56N12OS3. The molecule has 316 valence electrons. The fourth-order valence-electron chi connectivity index (χ4n) is 9.74. The predicted octanol–water partition coefficient (Wildman–Crippen LogP) is 7.84. The van der Waals surface area contributed by atoms with Crippen molar-refractivity contribution >= 4 is 57.7 Å². The zero-order valence-electron chi connectivity index (χ0n) is 34.8. The number of nitrogens with one attached hydrogen (secondary N) is 1. The molecule has 2 aliphatic heterocycles. The molecule has 4 fully saturated rings. The number of anilines is 2. The van der Waals surface area contributed by atoms with Gasteiger partial charge in [-0.05, 0) is 107 Å². The van der Waals surface area contributed by atoms with Crippen molar-refractivity contribution in [2.24, 2.45) is 16.6 Å². The van der Waals surface area contributed by atoms with E-state index < -0.39 is 11.0 Å². The van der Waals surface area contributed by atoms with E-state index >= 15 is 0 Å². The Morgan fingerprint density at radius 1 is 0.667 bits per heavy atom. The maximum absolute atomic E-state index is 12.8. The molecule has 0 aromatic carbocycles. The Labute approximate surface area is 363 Å². The number of fused-ring (bicyclic) bond motifs is 2. The van der Waals surface area contributed by atoms with E-state index in [-0.39, 0.29) is 10.2 Å². The van der Waals surface area contributed by atoms with Crippen LogP contribution in [0.5, 0.6) is 0 Å². The molecule has 10 rings (SSSR count). The van der Waals surface area contributed by atoms with Gasteiger partial charge in [0, 0.05) is 87.8 Å². The molecule has 2 saturated carbocycles. The molecule has 8 heterocycles. The monoisotopic (exact) mass is 864 g/mol. The van der Waals surface area contributed by atoms with E-state index in [9.17, 15) is 4.21 Å². The van der Waals surface area contributed by atoms with Gasteiger partial charge in [0.2, 0.25) is 11.9 Å². The molecule has 0 radical (unpaired) electrons. The minimum Gasteiger partial charge on any atom is -0.342 e. The molecule has 3 N–H and O–H groups in total. The standard InChI is InChI=1S/C24H32N6OS2.C20H24N6S/c1-23(2,3)33(31)28-19-7-6-9-24(19)10-14-29(15-11-24)22-27-17-18(21-26-13-16-30(21)22)32-20-8-4-5-12-25-20;21-16-4-3-6-20(16)7-11-25(12-8-20)19-24-14-15(18-23-10-13-26(18)19)27-17-5-1-2-9-22-17/h4-5,8,12-13,16-17,19,28H,6-7,9-11,14-15H2,1-3H3;1-2,5,9-10,13-14,16H,3-4,6-8,11-12,21H2/t19-,33+;16-/m11/s1. The van der Waals surface area contributed by atoms with E-state index in [1.807, 2.05) is 101 Å². The van der Waals surface area contributed by atoms with Gasteiger partial charge >= 0.3 is 0 Å². The Morgan fingerprint density at radius 3 is 1.63 bits per heavy atom. The summed E-state index contributed by atoms with van der Waals surface area (Å²) in [6, 6.07) is 12.5. The molecule has 60 heavy (non-hydrogen) atoms. The highest BCUT2D eigenvalue weighted by Gasteiger charge is 2.46. The van der Waals surface area contributed by atoms with Crippen LogP contribution in [0.15, 0.2) is 106 Å². The number of piperidine rings is 2. The largest absolute Gasteiger partial charge is 0.342 e. The topological polar surface area (TPSA) is 148 Å². The first-order valence-corrected chi connectivity index (χ1v) is 24.1. The van der Waals surface area contributed by atoms with Gasteiger partial charge in [0.05, 0.1) is 25.5 Å². The van der Waals surface area contributed by atoms with E-state index in [0.29, 0.717) is 17.5 Å². The van der Waals surface area contributed by atoms with E-state index in [0.717, 1.165) is 101 Å². The molecule has 6 aromatic rings. The summed E-state index contributed by atoms with van der Waals surface area (Å²) in [5.74, 6) is 1.93. The van der Waals surface area contributed by atoms with Gasteiger partial charge in [0.25, 0.3) is 0 Å². The lowest BCUT2D eigenvalue weighted by Crippen LogP contribution is -2.51. The van der Waals surface area contributed by atoms with Crippen LogP contribution in [0.25, 0.3) is 11.3 Å². The van der Waals surface area contributed by atoms with Crippen molar-refractivity contribution in [2.75, 3.05) is 36.0 Å². The molecule has 4 aliphatic rings. The predicted molar refractivity (Wildman–Crippen MR) is 241 cm³/mol. The summed E-state index contributed by atoms with van der Waals surface area (Å²) < 4.78 is 20.2. The normalized spacial score (nSPS) is 21.8. The summed E-state index contributed by atoms with van der Waals surface area (Å²) in [5, 5.41) is 1.89. The zero-order chi connectivity index (χ0) is 41.3. The van der Waals surface area contributed by atoms with E-state index in [2.05, 4.69) is 43.3 Å². The number of nitrogens with zero attached hydrogens (tertiary/aromatic N) is 10. The van der Waals surface area contributed by atoms with Crippen LogP contribution >= 0.6 is 23.5 Å². The fourth-order valence-corrected chi connectivity index (χ4v) is 12.4. The lowest BCUT2D eigenvalue weighted by molar-refractivity contribution is 0.187. The van der Waals surface area contributed by atoms with Gasteiger partial charge in [-0.2, -0.15) is 0 Å². The fraction of sp³-hybridized carbons (Fsp3) is 0.500. The van der Waals surface area contributed by atoms with E-state index in [4.69, 9.17) is 15.7 Å². The lowest BCUT2D eigenvalue weighted by Gasteiger charge is -2.44. The molecule has 0 amide bonds. The highest BCUT2D eigenvalue weighted by atomic mass is 32.2. The first-order valence-electron chi connectivity index (χ1n) is 21.4. The van der Waals surface area contributed by atoms with Crippen LogP contribution in [-0.4, -0.2) is 85.9 Å². The van der Waals surface area contributed by atoms with Crippen molar-refractivity contribution in [3.63, 3.8) is 0 Å². The average Bonchev–Trinajstić information content (AvgIpc) is 4.09. The van der Waals surface area contributed by atoms with Crippen molar-refractivity contribution in [1.29, 1.82) is 0 Å². The summed E-state index contributed by atoms with van der Waals surface area (Å²) >= 11 is 3.19. The van der Waals surface area contributed by atoms with Crippen molar-refractivity contribution in [1.82, 2.24) is 43.4 Å². The first kappa shape index (κ1) is 41.3. The Hall–Kier alpha value is -4.09. The maximum Gasteiger partial charge on any atom is 0.211 e. The lowest BCUT2D eigenvalue weighted by atomic mass is 9.74. The van der Waals surface area contributed by atoms with Gasteiger partial charge in [-0.25, -0.2) is 38.8 Å². The quantitative estimate of drug-likeness (QED) is 0.154. The van der Waals surface area contributed by atoms with Crippen LogP contribution in [0.4, 0.5) is 11.9 Å². The number of nitrogens with two attached hydrogens (primary N) is 1. The third-order valence-corrected chi connectivity index (χ3v) is 16.8. The smallest absolute Gasteiger partial charge is 0.211 e. The van der Waals surface area contributed by atoms with Gasteiger partial charge in [-0.3, -0.25) is 8.80 Å². The maximum atomic E-state index is 12.8. The van der Waals surface area contributed by atoms with Gasteiger partial charge in [0.15, 0.2) is 11.3 Å². The minimum absolute atomic E-state index is 0.236. The highest BCUT2D eigenvalue weighted by Crippen LogP contribution is 2.48. The second kappa shape index (κ2) is 17.3. The molecule has 6 aromatic heterocycles. The molecule has 0 unspecified atom stereocenters. The Kier molecular flexibility index (Phi) is 11.9. The number of hydrogen-bond donors (Lipinski definition) is 2. The van der Waals surface area contributed by atoms with Gasteiger partial charge in [0.1, 0.15) is 10.1 Å². The van der Waals surface area contributed by atoms with Crippen molar-refractivity contribution in [3.8, 4) is 0 Å². The highest BCUT2D eigenvalue weighted by molar-refractivity contribution is 7.99. The minimum atomic E-state index is -1.03. The Bertz CT molecular complexity index is 2400. The van der Waals surface area contributed by atoms with Crippen LogP contribution in [0.2, 0.25) is 0 Å². The van der Waals surface area contributed by atoms with Crippen molar-refractivity contribution in [3.05, 3.63) is 86.0 Å². The Balaban J connectivity index is 0.000000157. The third kappa shape index (κ3) is 8.42. The SMILES string of the molecule is CC(C)(C)[S@](=O)N[C@@H]1CCCC12CCN(c1ncc(Sc3ccccn3)c3nccn13)CC2.N[C@@H]1CCCC12CCN(c1ncc(Sc3ccccn3)c3nccn13)CC2. The zero-order valence-corrected chi connectivity index (χ0v) is 37.3. The summed E-state index contributed by atoms with van der Waals surface area (Å²) in [4.78, 5) is 34.5. The first-order chi connectivity index (χ1) is 29.1. The van der Waals surface area contributed by atoms with E-state index in [1.165, 1.54) is 32.1 Å². The van der Waals surface area contributed by atoms with Crippen LogP contribution in [0.3, 0.4) is 0 Å². The molecule has 13 nitrogen and oxygen atoms in total. The number of hydrogen-bond acceptors (Lipinski definition) is 12. The Morgan fingerprint density at radius 2 is 1.17 bits per heavy atom. The van der Waals surface area contributed by atoms with Crippen molar-refractivity contribution in [2.45, 2.75) is 122 Å². The molecule has 2 spiro atoms. The van der Waals surface area contributed by atoms with E-state index in [1.54, 1.807) is 29.7 Å². The third-order valence-electron chi connectivity index (χ3n) is 13.2. The van der Waals surface area contributed by atoms with Crippen molar-refractivity contribution < 1.29 is 4.21 Å². The number of aromatic nitrogens is 8. The van der Waals surface area contributed by atoms with Gasteiger partial charge in [-0.1, -0.05) is 48.5 Å². The van der Waals surface area contributed by atoms with Gasteiger partial charge in [-0.15, -0.1) is 0 Å².